The highest BCUT2D eigenvalue weighted by molar-refractivity contribution is 6.42. The molecule has 1 aromatic carbocycles. The SMILES string of the molecule is Cc1c(N2CCCC2)ccc(Cl)c1Cl. The Kier molecular flexibility index (Phi) is 2.89. The van der Waals surface area contributed by atoms with Crippen LogP contribution in [0.4, 0.5) is 5.69 Å². The zero-order valence-corrected chi connectivity index (χ0v) is 9.70. The average molecular weight is 230 g/mol. The van der Waals surface area contributed by atoms with Gasteiger partial charge in [-0.05, 0) is 37.5 Å². The first kappa shape index (κ1) is 10.1. The molecule has 1 heterocycles. The predicted molar refractivity (Wildman–Crippen MR) is 62.6 cm³/mol. The van der Waals surface area contributed by atoms with Crippen LogP contribution in [0.1, 0.15) is 18.4 Å². The Morgan fingerprint density at radius 3 is 2.43 bits per heavy atom. The number of hydrogen-bond acceptors (Lipinski definition) is 1. The van der Waals surface area contributed by atoms with Crippen molar-refractivity contribution in [3.05, 3.63) is 27.7 Å². The lowest BCUT2D eigenvalue weighted by Gasteiger charge is -2.20. The summed E-state index contributed by atoms with van der Waals surface area (Å²) < 4.78 is 0. The van der Waals surface area contributed by atoms with Gasteiger partial charge in [-0.2, -0.15) is 0 Å². The van der Waals surface area contributed by atoms with Gasteiger partial charge in [-0.3, -0.25) is 0 Å². The number of halogens is 2. The molecule has 0 aliphatic carbocycles. The third-order valence-corrected chi connectivity index (χ3v) is 3.66. The molecule has 3 heteroatoms. The molecule has 1 aliphatic heterocycles. The second kappa shape index (κ2) is 4.00. The summed E-state index contributed by atoms with van der Waals surface area (Å²) in [5.41, 5.74) is 2.33. The largest absolute Gasteiger partial charge is 0.371 e. The Bertz CT molecular complexity index is 343. The fraction of sp³-hybridized carbons (Fsp3) is 0.455. The van der Waals surface area contributed by atoms with Crippen molar-refractivity contribution in [1.82, 2.24) is 0 Å². The number of anilines is 1. The maximum atomic E-state index is 6.10. The molecule has 1 aliphatic rings. The molecule has 1 fully saturated rings. The summed E-state index contributed by atoms with van der Waals surface area (Å²) in [7, 11) is 0. The average Bonchev–Trinajstić information content (AvgIpc) is 2.67. The third kappa shape index (κ3) is 1.71. The summed E-state index contributed by atoms with van der Waals surface area (Å²) in [5.74, 6) is 0. The van der Waals surface area contributed by atoms with Crippen molar-refractivity contribution in [1.29, 1.82) is 0 Å². The van der Waals surface area contributed by atoms with Gasteiger partial charge < -0.3 is 4.90 Å². The lowest BCUT2D eigenvalue weighted by Crippen LogP contribution is -2.18. The molecule has 0 spiro atoms. The van der Waals surface area contributed by atoms with Gasteiger partial charge in [0.1, 0.15) is 0 Å². The molecule has 1 saturated heterocycles. The van der Waals surface area contributed by atoms with E-state index in [1.165, 1.54) is 18.5 Å². The minimum absolute atomic E-state index is 0.645. The van der Waals surface area contributed by atoms with E-state index in [4.69, 9.17) is 23.2 Å². The van der Waals surface area contributed by atoms with E-state index in [2.05, 4.69) is 11.0 Å². The molecule has 0 saturated carbocycles. The van der Waals surface area contributed by atoms with Crippen molar-refractivity contribution in [2.24, 2.45) is 0 Å². The van der Waals surface area contributed by atoms with Gasteiger partial charge in [-0.15, -0.1) is 0 Å². The van der Waals surface area contributed by atoms with E-state index >= 15 is 0 Å². The van der Waals surface area contributed by atoms with Crippen molar-refractivity contribution in [2.75, 3.05) is 18.0 Å². The van der Waals surface area contributed by atoms with Crippen LogP contribution in [0.5, 0.6) is 0 Å². The van der Waals surface area contributed by atoms with E-state index in [0.717, 1.165) is 18.7 Å². The van der Waals surface area contributed by atoms with Crippen molar-refractivity contribution in [3.63, 3.8) is 0 Å². The Morgan fingerprint density at radius 2 is 1.79 bits per heavy atom. The Balaban J connectivity index is 2.38. The smallest absolute Gasteiger partial charge is 0.0642 e. The molecular formula is C11H13Cl2N. The molecule has 1 aromatic rings. The van der Waals surface area contributed by atoms with Crippen molar-refractivity contribution >= 4 is 28.9 Å². The topological polar surface area (TPSA) is 3.24 Å². The van der Waals surface area contributed by atoms with Gasteiger partial charge in [0.15, 0.2) is 0 Å². The quantitative estimate of drug-likeness (QED) is 0.707. The zero-order chi connectivity index (χ0) is 10.1. The van der Waals surface area contributed by atoms with Crippen molar-refractivity contribution in [3.8, 4) is 0 Å². The molecule has 1 nitrogen and oxygen atoms in total. The van der Waals surface area contributed by atoms with Crippen LogP contribution in [0.15, 0.2) is 12.1 Å². The van der Waals surface area contributed by atoms with Crippen LogP contribution in [-0.2, 0) is 0 Å². The van der Waals surface area contributed by atoms with E-state index in [1.54, 1.807) is 0 Å². The fourth-order valence-electron chi connectivity index (χ4n) is 1.94. The van der Waals surface area contributed by atoms with E-state index in [-0.39, 0.29) is 0 Å². The van der Waals surface area contributed by atoms with Crippen LogP contribution >= 0.6 is 23.2 Å². The maximum absolute atomic E-state index is 6.10. The van der Waals surface area contributed by atoms with Gasteiger partial charge >= 0.3 is 0 Å². The summed E-state index contributed by atoms with van der Waals surface area (Å²) in [6.07, 6.45) is 2.55. The van der Waals surface area contributed by atoms with Crippen molar-refractivity contribution < 1.29 is 0 Å². The first-order valence-corrected chi connectivity index (χ1v) is 5.65. The molecule has 14 heavy (non-hydrogen) atoms. The highest BCUT2D eigenvalue weighted by Crippen LogP contribution is 2.33. The van der Waals surface area contributed by atoms with Gasteiger partial charge in [-0.1, -0.05) is 23.2 Å². The lowest BCUT2D eigenvalue weighted by molar-refractivity contribution is 0.949. The van der Waals surface area contributed by atoms with Gasteiger partial charge in [0.2, 0.25) is 0 Å². The molecule has 0 atom stereocenters. The second-order valence-electron chi connectivity index (χ2n) is 3.70. The van der Waals surface area contributed by atoms with Gasteiger partial charge in [0.05, 0.1) is 10.0 Å². The first-order valence-electron chi connectivity index (χ1n) is 4.89. The summed E-state index contributed by atoms with van der Waals surface area (Å²) in [6.45, 7) is 4.31. The fourth-order valence-corrected chi connectivity index (χ4v) is 2.31. The number of benzene rings is 1. The number of rotatable bonds is 1. The molecule has 0 radical (unpaired) electrons. The normalized spacial score (nSPS) is 16.4. The molecule has 0 bridgehead atoms. The van der Waals surface area contributed by atoms with Crippen molar-refractivity contribution in [2.45, 2.75) is 19.8 Å². The van der Waals surface area contributed by atoms with Gasteiger partial charge in [-0.25, -0.2) is 0 Å². The van der Waals surface area contributed by atoms with Crippen LogP contribution < -0.4 is 4.90 Å². The molecular weight excluding hydrogens is 217 g/mol. The summed E-state index contributed by atoms with van der Waals surface area (Å²) in [4.78, 5) is 2.37. The Hall–Kier alpha value is -0.400. The van der Waals surface area contributed by atoms with E-state index in [0.29, 0.717) is 10.0 Å². The maximum Gasteiger partial charge on any atom is 0.0642 e. The lowest BCUT2D eigenvalue weighted by atomic mass is 10.2. The predicted octanol–water partition coefficient (Wildman–Crippen LogP) is 3.90. The number of nitrogens with zero attached hydrogens (tertiary/aromatic N) is 1. The van der Waals surface area contributed by atoms with E-state index in [9.17, 15) is 0 Å². The molecule has 76 valence electrons. The highest BCUT2D eigenvalue weighted by Gasteiger charge is 2.16. The molecule has 0 unspecified atom stereocenters. The molecule has 0 aromatic heterocycles. The Labute approximate surface area is 94.6 Å². The first-order chi connectivity index (χ1) is 6.70. The monoisotopic (exact) mass is 229 g/mol. The van der Waals surface area contributed by atoms with Gasteiger partial charge in [0, 0.05) is 18.8 Å². The summed E-state index contributed by atoms with van der Waals surface area (Å²) in [5, 5.41) is 1.34. The standard InChI is InChI=1S/C11H13Cl2N/c1-8-10(14-6-2-3-7-14)5-4-9(12)11(8)13/h4-5H,2-3,6-7H2,1H3. The summed E-state index contributed by atoms with van der Waals surface area (Å²) >= 11 is 12.0. The highest BCUT2D eigenvalue weighted by atomic mass is 35.5. The molecule has 2 rings (SSSR count). The summed E-state index contributed by atoms with van der Waals surface area (Å²) in [6, 6.07) is 3.94. The third-order valence-electron chi connectivity index (χ3n) is 2.76. The zero-order valence-electron chi connectivity index (χ0n) is 8.19. The molecule has 0 amide bonds. The Morgan fingerprint density at radius 1 is 1.14 bits per heavy atom. The van der Waals surface area contributed by atoms with Crippen LogP contribution in [-0.4, -0.2) is 13.1 Å². The van der Waals surface area contributed by atoms with Crippen LogP contribution in [0, 0.1) is 6.92 Å². The van der Waals surface area contributed by atoms with Crippen LogP contribution in [0.25, 0.3) is 0 Å². The van der Waals surface area contributed by atoms with Gasteiger partial charge in [0.25, 0.3) is 0 Å². The second-order valence-corrected chi connectivity index (χ2v) is 4.48. The number of hydrogen-bond donors (Lipinski definition) is 0. The van der Waals surface area contributed by atoms with E-state index < -0.39 is 0 Å². The minimum atomic E-state index is 0.645. The molecule has 0 N–H and O–H groups in total. The van der Waals surface area contributed by atoms with Crippen LogP contribution in [0.3, 0.4) is 0 Å². The minimum Gasteiger partial charge on any atom is -0.371 e. The van der Waals surface area contributed by atoms with E-state index in [1.807, 2.05) is 13.0 Å². The van der Waals surface area contributed by atoms with Crippen LogP contribution in [0.2, 0.25) is 10.0 Å².